The first-order valence-corrected chi connectivity index (χ1v) is 6.72. The van der Waals surface area contributed by atoms with Crippen LogP contribution in [0.1, 0.15) is 27.2 Å². The Labute approximate surface area is 121 Å². The number of alkyl halides is 4. The molecule has 1 aliphatic rings. The molecule has 1 heterocycles. The number of morpholine rings is 1. The topological polar surface area (TPSA) is 38.8 Å². The molecule has 1 atom stereocenters. The highest BCUT2D eigenvalue weighted by atomic mass is 19.3. The van der Waals surface area contributed by atoms with Gasteiger partial charge < -0.3 is 14.4 Å². The highest BCUT2D eigenvalue weighted by Gasteiger charge is 2.41. The Kier molecular flexibility index (Phi) is 5.98. The first-order valence-electron chi connectivity index (χ1n) is 6.72. The van der Waals surface area contributed by atoms with Crippen LogP contribution in [0.15, 0.2) is 0 Å². The molecule has 1 unspecified atom stereocenters. The van der Waals surface area contributed by atoms with Crippen LogP contribution in [-0.4, -0.2) is 61.2 Å². The van der Waals surface area contributed by atoms with Crippen molar-refractivity contribution >= 4 is 5.91 Å². The van der Waals surface area contributed by atoms with Crippen LogP contribution >= 0.6 is 0 Å². The lowest BCUT2D eigenvalue weighted by molar-refractivity contribution is -0.169. The fourth-order valence-electron chi connectivity index (χ4n) is 1.99. The zero-order chi connectivity index (χ0) is 16.3. The first kappa shape index (κ1) is 18.2. The average molecular weight is 315 g/mol. The molecule has 4 nitrogen and oxygen atoms in total. The number of carbonyl (C=O) groups is 1. The molecule has 0 aromatic rings. The second-order valence-corrected chi connectivity index (χ2v) is 5.80. The van der Waals surface area contributed by atoms with Crippen molar-refractivity contribution in [3.05, 3.63) is 0 Å². The van der Waals surface area contributed by atoms with E-state index in [2.05, 4.69) is 4.74 Å². The smallest absolute Gasteiger partial charge is 0.330 e. The van der Waals surface area contributed by atoms with Crippen LogP contribution in [0.3, 0.4) is 0 Å². The summed E-state index contributed by atoms with van der Waals surface area (Å²) in [5, 5.41) is 0. The van der Waals surface area contributed by atoms with Crippen molar-refractivity contribution in [1.82, 2.24) is 4.90 Å². The van der Waals surface area contributed by atoms with Crippen molar-refractivity contribution in [1.29, 1.82) is 0 Å². The summed E-state index contributed by atoms with van der Waals surface area (Å²) in [4.78, 5) is 13.7. The third-order valence-corrected chi connectivity index (χ3v) is 3.27. The molecule has 0 aromatic heterocycles. The summed E-state index contributed by atoms with van der Waals surface area (Å²) in [5.74, 6) is -4.45. The van der Waals surface area contributed by atoms with E-state index in [1.165, 1.54) is 0 Å². The third-order valence-electron chi connectivity index (χ3n) is 3.27. The molecule has 0 aliphatic carbocycles. The van der Waals surface area contributed by atoms with Crippen LogP contribution in [0, 0.1) is 0 Å². The summed E-state index contributed by atoms with van der Waals surface area (Å²) in [7, 11) is 0. The van der Waals surface area contributed by atoms with E-state index in [1.807, 2.05) is 20.8 Å². The second-order valence-electron chi connectivity index (χ2n) is 5.80. The van der Waals surface area contributed by atoms with Gasteiger partial charge in [-0.3, -0.25) is 4.79 Å². The molecule has 1 rings (SSSR count). The molecule has 0 saturated carbocycles. The maximum atomic E-state index is 12.6. The van der Waals surface area contributed by atoms with Gasteiger partial charge in [0.15, 0.2) is 0 Å². The van der Waals surface area contributed by atoms with Gasteiger partial charge in [0.05, 0.1) is 31.3 Å². The summed E-state index contributed by atoms with van der Waals surface area (Å²) in [6.45, 7) is 4.58. The SMILES string of the molecule is CC1CN(C(=O)CCOCC(F)(F)C(F)F)C(C)(C)CO1. The number of halogens is 4. The van der Waals surface area contributed by atoms with Crippen LogP contribution in [0.4, 0.5) is 17.6 Å². The minimum Gasteiger partial charge on any atom is -0.374 e. The largest absolute Gasteiger partial charge is 0.374 e. The molecule has 0 aromatic carbocycles. The Balaban J connectivity index is 2.40. The number of hydrogen-bond acceptors (Lipinski definition) is 3. The van der Waals surface area contributed by atoms with Gasteiger partial charge in [0.25, 0.3) is 0 Å². The molecule has 0 N–H and O–H groups in total. The van der Waals surface area contributed by atoms with Gasteiger partial charge in [0.1, 0.15) is 6.61 Å². The van der Waals surface area contributed by atoms with E-state index in [1.54, 1.807) is 4.90 Å². The maximum Gasteiger partial charge on any atom is 0.330 e. The van der Waals surface area contributed by atoms with Gasteiger partial charge in [-0.25, -0.2) is 8.78 Å². The van der Waals surface area contributed by atoms with Crippen LogP contribution in [0.5, 0.6) is 0 Å². The van der Waals surface area contributed by atoms with Gasteiger partial charge in [-0.05, 0) is 20.8 Å². The van der Waals surface area contributed by atoms with Crippen molar-refractivity contribution < 1.29 is 31.8 Å². The van der Waals surface area contributed by atoms with E-state index in [0.717, 1.165) is 0 Å². The summed E-state index contributed by atoms with van der Waals surface area (Å²) < 4.78 is 59.0. The third kappa shape index (κ3) is 5.10. The van der Waals surface area contributed by atoms with Crippen molar-refractivity contribution in [3.8, 4) is 0 Å². The van der Waals surface area contributed by atoms with E-state index >= 15 is 0 Å². The number of ether oxygens (including phenoxy) is 2. The molecule has 0 spiro atoms. The van der Waals surface area contributed by atoms with E-state index in [0.29, 0.717) is 13.2 Å². The summed E-state index contributed by atoms with van der Waals surface area (Å²) in [5.41, 5.74) is -0.490. The van der Waals surface area contributed by atoms with E-state index in [4.69, 9.17) is 4.74 Å². The molecule has 0 radical (unpaired) electrons. The highest BCUT2D eigenvalue weighted by Crippen LogP contribution is 2.24. The van der Waals surface area contributed by atoms with Crippen LogP contribution < -0.4 is 0 Å². The monoisotopic (exact) mass is 315 g/mol. The predicted octanol–water partition coefficient (Wildman–Crippen LogP) is 2.32. The van der Waals surface area contributed by atoms with Gasteiger partial charge in [-0.2, -0.15) is 8.78 Å². The lowest BCUT2D eigenvalue weighted by Crippen LogP contribution is -2.57. The first-order chi connectivity index (χ1) is 9.56. The predicted molar refractivity (Wildman–Crippen MR) is 67.6 cm³/mol. The number of nitrogens with zero attached hydrogens (tertiary/aromatic N) is 1. The maximum absolute atomic E-state index is 12.6. The Morgan fingerprint density at radius 3 is 2.67 bits per heavy atom. The summed E-state index contributed by atoms with van der Waals surface area (Å²) >= 11 is 0. The van der Waals surface area contributed by atoms with Gasteiger partial charge in [-0.15, -0.1) is 0 Å². The van der Waals surface area contributed by atoms with E-state index < -0.39 is 24.5 Å². The number of carbonyl (C=O) groups excluding carboxylic acids is 1. The summed E-state index contributed by atoms with van der Waals surface area (Å²) in [6, 6.07) is 0. The zero-order valence-electron chi connectivity index (χ0n) is 12.4. The Hall–Kier alpha value is -0.890. The molecule has 1 amide bonds. The molecule has 1 saturated heterocycles. The Morgan fingerprint density at radius 1 is 1.48 bits per heavy atom. The van der Waals surface area contributed by atoms with E-state index in [-0.39, 0.29) is 25.0 Å². The normalized spacial score (nSPS) is 22.7. The van der Waals surface area contributed by atoms with Crippen molar-refractivity contribution in [3.63, 3.8) is 0 Å². The molecule has 124 valence electrons. The molecule has 1 fully saturated rings. The van der Waals surface area contributed by atoms with Gasteiger partial charge in [-0.1, -0.05) is 0 Å². The second kappa shape index (κ2) is 6.91. The molecular formula is C13H21F4NO3. The van der Waals surface area contributed by atoms with Crippen LogP contribution in [-0.2, 0) is 14.3 Å². The van der Waals surface area contributed by atoms with Crippen molar-refractivity contribution in [2.24, 2.45) is 0 Å². The Bertz CT molecular complexity index is 363. The number of amides is 1. The summed E-state index contributed by atoms with van der Waals surface area (Å²) in [6.07, 6.45) is -4.01. The van der Waals surface area contributed by atoms with E-state index in [9.17, 15) is 22.4 Å². The lowest BCUT2D eigenvalue weighted by atomic mass is 10.0. The van der Waals surface area contributed by atoms with Crippen LogP contribution in [0.2, 0.25) is 0 Å². The van der Waals surface area contributed by atoms with Gasteiger partial charge in [0.2, 0.25) is 5.91 Å². The minimum absolute atomic E-state index is 0.105. The van der Waals surface area contributed by atoms with Crippen molar-refractivity contribution in [2.75, 3.05) is 26.4 Å². The molecule has 0 bridgehead atoms. The minimum atomic E-state index is -4.18. The molecule has 8 heteroatoms. The quantitative estimate of drug-likeness (QED) is 0.558. The van der Waals surface area contributed by atoms with Gasteiger partial charge in [0, 0.05) is 6.54 Å². The number of hydrogen-bond donors (Lipinski definition) is 0. The molecule has 1 aliphatic heterocycles. The highest BCUT2D eigenvalue weighted by molar-refractivity contribution is 5.77. The Morgan fingerprint density at radius 2 is 2.10 bits per heavy atom. The van der Waals surface area contributed by atoms with Gasteiger partial charge >= 0.3 is 12.3 Å². The fourth-order valence-corrected chi connectivity index (χ4v) is 1.99. The number of rotatable bonds is 6. The van der Waals surface area contributed by atoms with Crippen molar-refractivity contribution in [2.45, 2.75) is 51.2 Å². The zero-order valence-corrected chi connectivity index (χ0v) is 12.4. The average Bonchev–Trinajstić information content (AvgIpc) is 2.37. The van der Waals surface area contributed by atoms with Crippen LogP contribution in [0.25, 0.3) is 0 Å². The lowest BCUT2D eigenvalue weighted by Gasteiger charge is -2.44. The molecular weight excluding hydrogens is 294 g/mol. The molecule has 21 heavy (non-hydrogen) atoms. The standard InChI is InChI=1S/C13H21F4NO3/c1-9-6-18(12(2,3)7-21-9)10(19)4-5-20-8-13(16,17)11(14)15/h9,11H,4-8H2,1-3H3. The fraction of sp³-hybridized carbons (Fsp3) is 0.923.